The SMILES string of the molecule is COC1CC(C(=O)O)N(C(=O)c2cccc(F)c2F)C1. The first kappa shape index (κ1) is 14.4. The Labute approximate surface area is 113 Å². The maximum atomic E-state index is 13.6. The molecule has 1 aromatic carbocycles. The zero-order valence-corrected chi connectivity index (χ0v) is 10.7. The number of aliphatic carboxylic acids is 1. The number of halogens is 2. The maximum Gasteiger partial charge on any atom is 0.326 e. The van der Waals surface area contributed by atoms with Crippen molar-refractivity contribution in [2.45, 2.75) is 18.6 Å². The molecule has 0 radical (unpaired) electrons. The monoisotopic (exact) mass is 285 g/mol. The average molecular weight is 285 g/mol. The van der Waals surface area contributed by atoms with Crippen molar-refractivity contribution in [1.29, 1.82) is 0 Å². The van der Waals surface area contributed by atoms with Gasteiger partial charge in [-0.2, -0.15) is 0 Å². The summed E-state index contributed by atoms with van der Waals surface area (Å²) in [7, 11) is 1.40. The van der Waals surface area contributed by atoms with E-state index < -0.39 is 41.2 Å². The molecule has 20 heavy (non-hydrogen) atoms. The van der Waals surface area contributed by atoms with Crippen molar-refractivity contribution in [3.05, 3.63) is 35.4 Å². The standard InChI is InChI=1S/C13H13F2NO4/c1-20-7-5-10(13(18)19)16(6-7)12(17)8-3-2-4-9(14)11(8)15/h2-4,7,10H,5-6H2,1H3,(H,18,19). The lowest BCUT2D eigenvalue weighted by Crippen LogP contribution is -2.41. The van der Waals surface area contributed by atoms with Crippen LogP contribution in [0.4, 0.5) is 8.78 Å². The van der Waals surface area contributed by atoms with Crippen LogP contribution < -0.4 is 0 Å². The summed E-state index contributed by atoms with van der Waals surface area (Å²) >= 11 is 0. The molecule has 108 valence electrons. The highest BCUT2D eigenvalue weighted by molar-refractivity contribution is 5.97. The molecule has 0 aromatic heterocycles. The predicted octanol–water partition coefficient (Wildman–Crippen LogP) is 1.28. The minimum atomic E-state index is -1.28. The Bertz CT molecular complexity index is 549. The van der Waals surface area contributed by atoms with Crippen LogP contribution >= 0.6 is 0 Å². The molecule has 1 amide bonds. The largest absolute Gasteiger partial charge is 0.480 e. The van der Waals surface area contributed by atoms with Crippen molar-refractivity contribution >= 4 is 11.9 Å². The number of nitrogens with zero attached hydrogens (tertiary/aromatic N) is 1. The molecule has 7 heteroatoms. The molecule has 2 rings (SSSR count). The van der Waals surface area contributed by atoms with Crippen LogP contribution in [0.2, 0.25) is 0 Å². The number of hydrogen-bond donors (Lipinski definition) is 1. The van der Waals surface area contributed by atoms with E-state index in [0.717, 1.165) is 17.0 Å². The molecule has 5 nitrogen and oxygen atoms in total. The highest BCUT2D eigenvalue weighted by Gasteiger charge is 2.40. The number of benzene rings is 1. The summed E-state index contributed by atoms with van der Waals surface area (Å²) < 4.78 is 31.8. The number of ether oxygens (including phenoxy) is 1. The maximum absolute atomic E-state index is 13.6. The number of likely N-dealkylation sites (tertiary alicyclic amines) is 1. The second-order valence-electron chi connectivity index (χ2n) is 4.51. The average Bonchev–Trinajstić information content (AvgIpc) is 2.85. The van der Waals surface area contributed by atoms with E-state index in [-0.39, 0.29) is 13.0 Å². The first-order chi connectivity index (χ1) is 9.45. The van der Waals surface area contributed by atoms with Gasteiger partial charge in [-0.3, -0.25) is 4.79 Å². The summed E-state index contributed by atoms with van der Waals surface area (Å²) in [5.41, 5.74) is -0.479. The van der Waals surface area contributed by atoms with Gasteiger partial charge in [0, 0.05) is 20.1 Å². The summed E-state index contributed by atoms with van der Waals surface area (Å²) in [6.45, 7) is 0.0300. The van der Waals surface area contributed by atoms with E-state index in [9.17, 15) is 18.4 Å². The van der Waals surface area contributed by atoms with Crippen LogP contribution in [0.5, 0.6) is 0 Å². The minimum absolute atomic E-state index is 0.0300. The van der Waals surface area contributed by atoms with Crippen LogP contribution in [-0.2, 0) is 9.53 Å². The molecule has 0 bridgehead atoms. The number of rotatable bonds is 3. The van der Waals surface area contributed by atoms with E-state index in [1.807, 2.05) is 0 Å². The van der Waals surface area contributed by atoms with Crippen molar-refractivity contribution in [1.82, 2.24) is 4.90 Å². The van der Waals surface area contributed by atoms with Crippen LogP contribution in [0.3, 0.4) is 0 Å². The third-order valence-electron chi connectivity index (χ3n) is 3.32. The Morgan fingerprint density at radius 3 is 2.70 bits per heavy atom. The van der Waals surface area contributed by atoms with Gasteiger partial charge in [0.25, 0.3) is 5.91 Å². The zero-order chi connectivity index (χ0) is 14.9. The Hall–Kier alpha value is -2.02. The molecule has 1 aromatic rings. The number of carbonyl (C=O) groups is 2. The number of methoxy groups -OCH3 is 1. The van der Waals surface area contributed by atoms with Crippen molar-refractivity contribution in [2.24, 2.45) is 0 Å². The highest BCUT2D eigenvalue weighted by Crippen LogP contribution is 2.24. The molecule has 0 aliphatic carbocycles. The Morgan fingerprint density at radius 2 is 2.10 bits per heavy atom. The smallest absolute Gasteiger partial charge is 0.326 e. The molecule has 1 aliphatic heterocycles. The molecule has 1 heterocycles. The first-order valence-corrected chi connectivity index (χ1v) is 5.96. The van der Waals surface area contributed by atoms with Gasteiger partial charge in [0.15, 0.2) is 11.6 Å². The summed E-state index contributed by atoms with van der Waals surface area (Å²) in [6, 6.07) is 2.11. The van der Waals surface area contributed by atoms with Gasteiger partial charge >= 0.3 is 5.97 Å². The second kappa shape index (κ2) is 5.54. The zero-order valence-electron chi connectivity index (χ0n) is 10.7. The third kappa shape index (κ3) is 2.49. The third-order valence-corrected chi connectivity index (χ3v) is 3.32. The van der Waals surface area contributed by atoms with Crippen LogP contribution in [0.1, 0.15) is 16.8 Å². The molecule has 0 saturated carbocycles. The van der Waals surface area contributed by atoms with Crippen LogP contribution in [-0.4, -0.2) is 47.7 Å². The first-order valence-electron chi connectivity index (χ1n) is 5.96. The van der Waals surface area contributed by atoms with E-state index in [1.165, 1.54) is 13.2 Å². The molecule has 0 spiro atoms. The van der Waals surface area contributed by atoms with Gasteiger partial charge in [-0.05, 0) is 12.1 Å². The van der Waals surface area contributed by atoms with Crippen molar-refractivity contribution in [3.63, 3.8) is 0 Å². The van der Waals surface area contributed by atoms with Crippen LogP contribution in [0, 0.1) is 11.6 Å². The molecule has 2 unspecified atom stereocenters. The molecule has 1 fully saturated rings. The molecular weight excluding hydrogens is 272 g/mol. The minimum Gasteiger partial charge on any atom is -0.480 e. The van der Waals surface area contributed by atoms with Gasteiger partial charge < -0.3 is 14.7 Å². The van der Waals surface area contributed by atoms with E-state index in [1.54, 1.807) is 0 Å². The van der Waals surface area contributed by atoms with Gasteiger partial charge in [0.1, 0.15) is 6.04 Å². The Balaban J connectivity index is 2.31. The second-order valence-corrected chi connectivity index (χ2v) is 4.51. The Kier molecular flexibility index (Phi) is 3.99. The fourth-order valence-corrected chi connectivity index (χ4v) is 2.25. The number of carbonyl (C=O) groups excluding carboxylic acids is 1. The van der Waals surface area contributed by atoms with E-state index in [4.69, 9.17) is 9.84 Å². The molecular formula is C13H13F2NO4. The topological polar surface area (TPSA) is 66.8 Å². The van der Waals surface area contributed by atoms with Gasteiger partial charge in [-0.25, -0.2) is 13.6 Å². The van der Waals surface area contributed by atoms with Crippen LogP contribution in [0.15, 0.2) is 18.2 Å². The molecule has 1 saturated heterocycles. The lowest BCUT2D eigenvalue weighted by Gasteiger charge is -2.21. The van der Waals surface area contributed by atoms with E-state index in [0.29, 0.717) is 0 Å². The molecule has 1 N–H and O–H groups in total. The lowest BCUT2D eigenvalue weighted by molar-refractivity contribution is -0.141. The number of amides is 1. The quantitative estimate of drug-likeness (QED) is 0.908. The summed E-state index contributed by atoms with van der Waals surface area (Å²) in [6.07, 6.45) is -0.314. The number of carboxylic acid groups (broad SMARTS) is 1. The van der Waals surface area contributed by atoms with Crippen molar-refractivity contribution < 1.29 is 28.2 Å². The van der Waals surface area contributed by atoms with Gasteiger partial charge in [0.2, 0.25) is 0 Å². The van der Waals surface area contributed by atoms with Crippen molar-refractivity contribution in [2.75, 3.05) is 13.7 Å². The summed E-state index contributed by atoms with van der Waals surface area (Å²) in [5, 5.41) is 9.10. The number of carboxylic acids is 1. The van der Waals surface area contributed by atoms with Crippen LogP contribution in [0.25, 0.3) is 0 Å². The highest BCUT2D eigenvalue weighted by atomic mass is 19.2. The number of hydrogen-bond acceptors (Lipinski definition) is 3. The van der Waals surface area contributed by atoms with E-state index >= 15 is 0 Å². The van der Waals surface area contributed by atoms with Gasteiger partial charge in [-0.15, -0.1) is 0 Å². The fourth-order valence-electron chi connectivity index (χ4n) is 2.25. The van der Waals surface area contributed by atoms with Gasteiger partial charge in [0.05, 0.1) is 11.7 Å². The summed E-state index contributed by atoms with van der Waals surface area (Å²) in [5.74, 6) is -4.48. The molecule has 1 aliphatic rings. The van der Waals surface area contributed by atoms with Gasteiger partial charge in [-0.1, -0.05) is 6.07 Å². The van der Waals surface area contributed by atoms with Crippen molar-refractivity contribution in [3.8, 4) is 0 Å². The Morgan fingerprint density at radius 1 is 1.40 bits per heavy atom. The summed E-state index contributed by atoms with van der Waals surface area (Å²) in [4.78, 5) is 24.3. The normalized spacial score (nSPS) is 22.1. The lowest BCUT2D eigenvalue weighted by atomic mass is 10.1. The fraction of sp³-hybridized carbons (Fsp3) is 0.385. The van der Waals surface area contributed by atoms with E-state index in [2.05, 4.69) is 0 Å². The predicted molar refractivity (Wildman–Crippen MR) is 64.2 cm³/mol. The molecule has 2 atom stereocenters.